The van der Waals surface area contributed by atoms with Gasteiger partial charge in [-0.2, -0.15) is 0 Å². The van der Waals surface area contributed by atoms with Crippen molar-refractivity contribution in [2.75, 3.05) is 5.32 Å². The van der Waals surface area contributed by atoms with Crippen LogP contribution in [0.5, 0.6) is 0 Å². The van der Waals surface area contributed by atoms with Gasteiger partial charge in [-0.1, -0.05) is 30.3 Å². The molecule has 2 heterocycles. The van der Waals surface area contributed by atoms with Crippen molar-refractivity contribution in [3.8, 4) is 0 Å². The summed E-state index contributed by atoms with van der Waals surface area (Å²) < 4.78 is 11.5. The second-order valence-electron chi connectivity index (χ2n) is 6.43. The number of carbonyl (C=O) groups excluding carboxylic acids is 1. The molecule has 27 heavy (non-hydrogen) atoms. The summed E-state index contributed by atoms with van der Waals surface area (Å²) in [5, 5.41) is 5.02. The number of hydrogen-bond acceptors (Lipinski definition) is 4. The summed E-state index contributed by atoms with van der Waals surface area (Å²) in [6, 6.07) is 21.2. The van der Waals surface area contributed by atoms with Gasteiger partial charge in [0.1, 0.15) is 16.7 Å². The molecule has 0 bridgehead atoms. The van der Waals surface area contributed by atoms with Gasteiger partial charge in [-0.05, 0) is 30.3 Å². The molecule has 1 N–H and O–H groups in total. The standard InChI is InChI=1S/C22H16N2O3/c25-21(11-12-22-24-17-6-2-4-8-19(17)27-22)23-14-9-10-16-15-5-1-3-7-18(15)26-20(16)13-14/h1-10,13H,11-12H2,(H,23,25). The van der Waals surface area contributed by atoms with E-state index in [0.717, 1.165) is 33.0 Å². The van der Waals surface area contributed by atoms with E-state index < -0.39 is 0 Å². The molecule has 0 saturated heterocycles. The number of nitrogens with zero attached hydrogens (tertiary/aromatic N) is 1. The number of hydrogen-bond donors (Lipinski definition) is 1. The molecule has 0 spiro atoms. The Bertz CT molecular complexity index is 1250. The van der Waals surface area contributed by atoms with E-state index in [1.54, 1.807) is 0 Å². The van der Waals surface area contributed by atoms with Crippen LogP contribution in [0.4, 0.5) is 5.69 Å². The number of anilines is 1. The number of nitrogens with one attached hydrogen (secondary N) is 1. The number of aryl methyl sites for hydroxylation is 1. The Kier molecular flexibility index (Phi) is 3.64. The number of aromatic nitrogens is 1. The molecule has 5 rings (SSSR count). The predicted octanol–water partition coefficient (Wildman–Crippen LogP) is 5.30. The van der Waals surface area contributed by atoms with Crippen LogP contribution in [0.25, 0.3) is 33.0 Å². The topological polar surface area (TPSA) is 68.3 Å². The minimum absolute atomic E-state index is 0.0901. The zero-order chi connectivity index (χ0) is 18.2. The zero-order valence-electron chi connectivity index (χ0n) is 14.4. The SMILES string of the molecule is O=C(CCc1nc2ccccc2o1)Nc1ccc2c(c1)oc1ccccc12. The molecule has 0 aliphatic rings. The van der Waals surface area contributed by atoms with Gasteiger partial charge in [-0.3, -0.25) is 4.79 Å². The highest BCUT2D eigenvalue weighted by Crippen LogP contribution is 2.30. The number of amides is 1. The number of rotatable bonds is 4. The zero-order valence-corrected chi connectivity index (χ0v) is 14.4. The van der Waals surface area contributed by atoms with Crippen LogP contribution in [0, 0.1) is 0 Å². The molecule has 0 aliphatic heterocycles. The van der Waals surface area contributed by atoms with E-state index in [2.05, 4.69) is 10.3 Å². The average Bonchev–Trinajstić information content (AvgIpc) is 3.26. The fourth-order valence-corrected chi connectivity index (χ4v) is 3.27. The molecule has 132 valence electrons. The van der Waals surface area contributed by atoms with Crippen LogP contribution in [-0.4, -0.2) is 10.9 Å². The first-order chi connectivity index (χ1) is 13.3. The second kappa shape index (κ2) is 6.29. The largest absolute Gasteiger partial charge is 0.456 e. The number of furan rings is 1. The maximum absolute atomic E-state index is 12.3. The van der Waals surface area contributed by atoms with Crippen LogP contribution in [0.2, 0.25) is 0 Å². The van der Waals surface area contributed by atoms with E-state index in [4.69, 9.17) is 8.83 Å². The molecule has 0 aliphatic carbocycles. The van der Waals surface area contributed by atoms with Gasteiger partial charge in [0.2, 0.25) is 5.91 Å². The minimum atomic E-state index is -0.0901. The molecule has 1 amide bonds. The lowest BCUT2D eigenvalue weighted by atomic mass is 10.1. The van der Waals surface area contributed by atoms with E-state index in [1.807, 2.05) is 66.7 Å². The maximum atomic E-state index is 12.3. The monoisotopic (exact) mass is 356 g/mol. The summed E-state index contributed by atoms with van der Waals surface area (Å²) in [6.45, 7) is 0. The number of carbonyl (C=O) groups is 1. The van der Waals surface area contributed by atoms with Crippen LogP contribution in [0.1, 0.15) is 12.3 Å². The van der Waals surface area contributed by atoms with E-state index in [-0.39, 0.29) is 5.91 Å². The summed E-state index contributed by atoms with van der Waals surface area (Å²) >= 11 is 0. The van der Waals surface area contributed by atoms with Crippen LogP contribution in [-0.2, 0) is 11.2 Å². The molecule has 0 unspecified atom stereocenters. The summed E-state index contributed by atoms with van der Waals surface area (Å²) in [5.74, 6) is 0.479. The molecule has 0 saturated carbocycles. The van der Waals surface area contributed by atoms with Gasteiger partial charge in [-0.25, -0.2) is 4.98 Å². The van der Waals surface area contributed by atoms with Crippen molar-refractivity contribution >= 4 is 44.6 Å². The van der Waals surface area contributed by atoms with Crippen molar-refractivity contribution < 1.29 is 13.6 Å². The van der Waals surface area contributed by atoms with Gasteiger partial charge in [0.05, 0.1) is 0 Å². The first kappa shape index (κ1) is 15.6. The minimum Gasteiger partial charge on any atom is -0.456 e. The summed E-state index contributed by atoms with van der Waals surface area (Å²) in [4.78, 5) is 16.7. The molecule has 3 aromatic carbocycles. The fourth-order valence-electron chi connectivity index (χ4n) is 3.27. The molecule has 2 aromatic heterocycles. The third-order valence-electron chi connectivity index (χ3n) is 4.57. The summed E-state index contributed by atoms with van der Waals surface area (Å²) in [7, 11) is 0. The Morgan fingerprint density at radius 2 is 1.63 bits per heavy atom. The second-order valence-corrected chi connectivity index (χ2v) is 6.43. The maximum Gasteiger partial charge on any atom is 0.224 e. The normalized spacial score (nSPS) is 11.4. The van der Waals surface area contributed by atoms with Crippen LogP contribution in [0.3, 0.4) is 0 Å². The first-order valence-corrected chi connectivity index (χ1v) is 8.82. The number of para-hydroxylation sites is 3. The smallest absolute Gasteiger partial charge is 0.224 e. The average molecular weight is 356 g/mol. The van der Waals surface area contributed by atoms with Crippen molar-refractivity contribution in [3.63, 3.8) is 0 Å². The van der Waals surface area contributed by atoms with E-state index >= 15 is 0 Å². The highest BCUT2D eigenvalue weighted by Gasteiger charge is 2.11. The summed E-state index contributed by atoms with van der Waals surface area (Å²) in [5.41, 5.74) is 3.86. The van der Waals surface area contributed by atoms with Gasteiger partial charge in [-0.15, -0.1) is 0 Å². The fraction of sp³-hybridized carbons (Fsp3) is 0.0909. The quantitative estimate of drug-likeness (QED) is 0.474. The number of oxazole rings is 1. The van der Waals surface area contributed by atoms with Gasteiger partial charge in [0.15, 0.2) is 11.5 Å². The third-order valence-corrected chi connectivity index (χ3v) is 4.57. The Balaban J connectivity index is 1.30. The van der Waals surface area contributed by atoms with Crippen molar-refractivity contribution in [1.29, 1.82) is 0 Å². The lowest BCUT2D eigenvalue weighted by Gasteiger charge is -2.04. The van der Waals surface area contributed by atoms with Crippen molar-refractivity contribution in [3.05, 3.63) is 72.6 Å². The Labute approximate surface area is 154 Å². The molecule has 0 radical (unpaired) electrons. The van der Waals surface area contributed by atoms with E-state index in [1.165, 1.54) is 0 Å². The molecule has 0 fully saturated rings. The molecule has 0 atom stereocenters. The Morgan fingerprint density at radius 1 is 0.852 bits per heavy atom. The molecule has 5 nitrogen and oxygen atoms in total. The van der Waals surface area contributed by atoms with Gasteiger partial charge in [0.25, 0.3) is 0 Å². The molecule has 5 aromatic rings. The number of benzene rings is 3. The van der Waals surface area contributed by atoms with Gasteiger partial charge >= 0.3 is 0 Å². The lowest BCUT2D eigenvalue weighted by Crippen LogP contribution is -2.12. The van der Waals surface area contributed by atoms with E-state index in [0.29, 0.717) is 24.4 Å². The summed E-state index contributed by atoms with van der Waals surface area (Å²) in [6.07, 6.45) is 0.748. The first-order valence-electron chi connectivity index (χ1n) is 8.82. The van der Waals surface area contributed by atoms with Gasteiger partial charge < -0.3 is 14.2 Å². The van der Waals surface area contributed by atoms with Crippen LogP contribution >= 0.6 is 0 Å². The molecular formula is C22H16N2O3. The van der Waals surface area contributed by atoms with Gasteiger partial charge in [0, 0.05) is 35.4 Å². The Hall–Kier alpha value is -3.60. The predicted molar refractivity (Wildman–Crippen MR) is 105 cm³/mol. The molecular weight excluding hydrogens is 340 g/mol. The van der Waals surface area contributed by atoms with Crippen molar-refractivity contribution in [1.82, 2.24) is 4.98 Å². The van der Waals surface area contributed by atoms with E-state index in [9.17, 15) is 4.79 Å². The lowest BCUT2D eigenvalue weighted by molar-refractivity contribution is -0.116. The van der Waals surface area contributed by atoms with Crippen molar-refractivity contribution in [2.24, 2.45) is 0 Å². The highest BCUT2D eigenvalue weighted by atomic mass is 16.3. The Morgan fingerprint density at radius 3 is 2.52 bits per heavy atom. The third kappa shape index (κ3) is 2.93. The highest BCUT2D eigenvalue weighted by molar-refractivity contribution is 6.06. The molecule has 5 heteroatoms. The van der Waals surface area contributed by atoms with Crippen LogP contribution < -0.4 is 5.32 Å². The number of fused-ring (bicyclic) bond motifs is 4. The van der Waals surface area contributed by atoms with Crippen molar-refractivity contribution in [2.45, 2.75) is 12.8 Å². The van der Waals surface area contributed by atoms with Crippen LogP contribution in [0.15, 0.2) is 75.6 Å².